The summed E-state index contributed by atoms with van der Waals surface area (Å²) in [6.07, 6.45) is 5.25. The third-order valence-corrected chi connectivity index (χ3v) is 5.90. The van der Waals surface area contributed by atoms with Gasteiger partial charge in [-0.3, -0.25) is 0 Å². The highest BCUT2D eigenvalue weighted by Crippen LogP contribution is 2.38. The fourth-order valence-corrected chi connectivity index (χ4v) is 4.42. The fourth-order valence-electron chi connectivity index (χ4n) is 4.42. The fraction of sp³-hybridized carbons (Fsp3) is 0.455. The molecule has 0 saturated carbocycles. The highest BCUT2D eigenvalue weighted by atomic mass is 35.5. The van der Waals surface area contributed by atoms with Crippen LogP contribution in [-0.2, 0) is 4.74 Å². The molecule has 0 aliphatic carbocycles. The Kier molecular flexibility index (Phi) is 6.23. The summed E-state index contributed by atoms with van der Waals surface area (Å²) in [6, 6.07) is 20.2. The predicted octanol–water partition coefficient (Wildman–Crippen LogP) is 4.85. The number of fused-ring (bicyclic) bond motifs is 2. The summed E-state index contributed by atoms with van der Waals surface area (Å²) < 4.78 is 12.0. The molecule has 2 aromatic rings. The van der Waals surface area contributed by atoms with Crippen molar-refractivity contribution in [2.75, 3.05) is 14.2 Å². The summed E-state index contributed by atoms with van der Waals surface area (Å²) in [5.74, 6) is 0.882. The lowest BCUT2D eigenvalue weighted by molar-refractivity contribution is -0.0426. The lowest BCUT2D eigenvalue weighted by Crippen LogP contribution is -2.43. The molecule has 2 heterocycles. The van der Waals surface area contributed by atoms with Crippen LogP contribution < -0.4 is 4.74 Å². The van der Waals surface area contributed by atoms with Crippen LogP contribution in [0.25, 0.3) is 0 Å². The first-order valence-electron chi connectivity index (χ1n) is 9.31. The molecule has 3 atom stereocenters. The first-order valence-corrected chi connectivity index (χ1v) is 9.31. The van der Waals surface area contributed by atoms with Crippen LogP contribution in [0.4, 0.5) is 0 Å². The van der Waals surface area contributed by atoms with Gasteiger partial charge < -0.3 is 14.4 Å². The summed E-state index contributed by atoms with van der Waals surface area (Å²) in [5.41, 5.74) is 2.41. The van der Waals surface area contributed by atoms with Gasteiger partial charge in [0.05, 0.1) is 13.2 Å². The Bertz CT molecular complexity index is 677. The van der Waals surface area contributed by atoms with E-state index in [4.69, 9.17) is 9.47 Å². The van der Waals surface area contributed by atoms with Crippen LogP contribution >= 0.6 is 12.4 Å². The molecule has 0 N–H and O–H groups in total. The number of ether oxygens (including phenoxy) is 2. The predicted molar refractivity (Wildman–Crippen MR) is 107 cm³/mol. The molecular formula is C22H28ClNO2. The number of piperidine rings is 1. The lowest BCUT2D eigenvalue weighted by Gasteiger charge is -2.38. The average molecular weight is 374 g/mol. The van der Waals surface area contributed by atoms with E-state index in [1.807, 2.05) is 12.1 Å². The van der Waals surface area contributed by atoms with E-state index < -0.39 is 0 Å². The molecule has 0 aromatic heterocycles. The van der Waals surface area contributed by atoms with Gasteiger partial charge in [0, 0.05) is 12.1 Å². The highest BCUT2D eigenvalue weighted by molar-refractivity contribution is 5.85. The van der Waals surface area contributed by atoms with Crippen LogP contribution in [0.5, 0.6) is 5.75 Å². The van der Waals surface area contributed by atoms with Crippen molar-refractivity contribution in [1.29, 1.82) is 0 Å². The molecule has 3 nitrogen and oxygen atoms in total. The first kappa shape index (κ1) is 19.2. The van der Waals surface area contributed by atoms with E-state index in [9.17, 15) is 0 Å². The minimum atomic E-state index is -0.0140. The second-order valence-corrected chi connectivity index (χ2v) is 7.34. The van der Waals surface area contributed by atoms with Crippen molar-refractivity contribution in [1.82, 2.24) is 4.90 Å². The second kappa shape index (κ2) is 8.43. The third kappa shape index (κ3) is 3.90. The van der Waals surface area contributed by atoms with Gasteiger partial charge in [-0.2, -0.15) is 0 Å². The SMILES string of the molecule is COc1ccc(C(OC2CC3CCC(C2)N3C)c2ccccc2)cc1.Cl. The Labute approximate surface area is 162 Å². The highest BCUT2D eigenvalue weighted by Gasteiger charge is 2.39. The van der Waals surface area contributed by atoms with Crippen molar-refractivity contribution in [3.05, 3.63) is 65.7 Å². The normalized spacial score (nSPS) is 26.2. The number of methoxy groups -OCH3 is 1. The summed E-state index contributed by atoms with van der Waals surface area (Å²) in [5, 5.41) is 0. The first-order chi connectivity index (χ1) is 12.2. The van der Waals surface area contributed by atoms with Gasteiger partial charge in [0.2, 0.25) is 0 Å². The minimum Gasteiger partial charge on any atom is -0.497 e. The molecule has 2 aliphatic heterocycles. The van der Waals surface area contributed by atoms with Gasteiger partial charge in [-0.05, 0) is 56.0 Å². The minimum absolute atomic E-state index is 0. The van der Waals surface area contributed by atoms with Crippen LogP contribution in [0.3, 0.4) is 0 Å². The van der Waals surface area contributed by atoms with E-state index in [1.165, 1.54) is 24.0 Å². The number of rotatable bonds is 5. The average Bonchev–Trinajstić information content (AvgIpc) is 2.87. The Morgan fingerprint density at radius 2 is 1.46 bits per heavy atom. The molecule has 3 unspecified atom stereocenters. The maximum absolute atomic E-state index is 6.70. The summed E-state index contributed by atoms with van der Waals surface area (Å²) >= 11 is 0. The van der Waals surface area contributed by atoms with Gasteiger partial charge in [0.15, 0.2) is 0 Å². The van der Waals surface area contributed by atoms with E-state index in [2.05, 4.69) is 54.4 Å². The van der Waals surface area contributed by atoms with Crippen molar-refractivity contribution in [3.63, 3.8) is 0 Å². The molecule has 0 spiro atoms. The molecule has 0 amide bonds. The Morgan fingerprint density at radius 1 is 0.885 bits per heavy atom. The third-order valence-electron chi connectivity index (χ3n) is 5.90. The van der Waals surface area contributed by atoms with Crippen molar-refractivity contribution >= 4 is 12.4 Å². The van der Waals surface area contributed by atoms with Crippen LogP contribution in [-0.4, -0.2) is 37.2 Å². The molecule has 2 aliphatic rings. The molecule has 26 heavy (non-hydrogen) atoms. The number of halogens is 1. The molecule has 140 valence electrons. The molecule has 0 radical (unpaired) electrons. The molecule has 4 heteroatoms. The second-order valence-electron chi connectivity index (χ2n) is 7.34. The topological polar surface area (TPSA) is 21.7 Å². The summed E-state index contributed by atoms with van der Waals surface area (Å²) in [6.45, 7) is 0. The molecule has 2 aromatic carbocycles. The zero-order chi connectivity index (χ0) is 17.2. The van der Waals surface area contributed by atoms with Crippen LogP contribution in [0.1, 0.15) is 42.9 Å². The monoisotopic (exact) mass is 373 g/mol. The number of benzene rings is 2. The van der Waals surface area contributed by atoms with Crippen LogP contribution in [0.15, 0.2) is 54.6 Å². The van der Waals surface area contributed by atoms with Crippen molar-refractivity contribution < 1.29 is 9.47 Å². The molecule has 2 saturated heterocycles. The molecule has 2 fully saturated rings. The van der Waals surface area contributed by atoms with E-state index in [0.29, 0.717) is 18.2 Å². The Hall–Kier alpha value is -1.55. The van der Waals surface area contributed by atoms with Gasteiger partial charge in [0.25, 0.3) is 0 Å². The zero-order valence-electron chi connectivity index (χ0n) is 15.5. The van der Waals surface area contributed by atoms with E-state index in [0.717, 1.165) is 18.6 Å². The molecule has 2 bridgehead atoms. The van der Waals surface area contributed by atoms with Crippen LogP contribution in [0.2, 0.25) is 0 Å². The van der Waals surface area contributed by atoms with Gasteiger partial charge >= 0.3 is 0 Å². The van der Waals surface area contributed by atoms with E-state index in [-0.39, 0.29) is 18.5 Å². The number of hydrogen-bond donors (Lipinski definition) is 0. The van der Waals surface area contributed by atoms with E-state index in [1.54, 1.807) is 7.11 Å². The summed E-state index contributed by atoms with van der Waals surface area (Å²) in [7, 11) is 3.98. The molecular weight excluding hydrogens is 346 g/mol. The standard InChI is InChI=1S/C22H27NO2.ClH/c1-23-18-10-11-19(23)15-21(14-18)25-22(16-6-4-3-5-7-16)17-8-12-20(24-2)13-9-17;/h3-9,12-13,18-19,21-22H,10-11,14-15H2,1-2H3;1H. The zero-order valence-corrected chi connectivity index (χ0v) is 16.3. The largest absolute Gasteiger partial charge is 0.497 e. The van der Waals surface area contributed by atoms with Crippen molar-refractivity contribution in [2.24, 2.45) is 0 Å². The lowest BCUT2D eigenvalue weighted by atomic mass is 9.97. The van der Waals surface area contributed by atoms with Gasteiger partial charge in [-0.15, -0.1) is 12.4 Å². The maximum atomic E-state index is 6.70. The number of nitrogens with zero attached hydrogens (tertiary/aromatic N) is 1. The van der Waals surface area contributed by atoms with Crippen molar-refractivity contribution in [2.45, 2.75) is 50.0 Å². The van der Waals surface area contributed by atoms with E-state index >= 15 is 0 Å². The van der Waals surface area contributed by atoms with Gasteiger partial charge in [0.1, 0.15) is 11.9 Å². The molecule has 4 rings (SSSR count). The van der Waals surface area contributed by atoms with Gasteiger partial charge in [-0.25, -0.2) is 0 Å². The van der Waals surface area contributed by atoms with Crippen LogP contribution in [0, 0.1) is 0 Å². The Balaban J connectivity index is 0.00000196. The summed E-state index contributed by atoms with van der Waals surface area (Å²) in [4.78, 5) is 2.56. The Morgan fingerprint density at radius 3 is 2.04 bits per heavy atom. The van der Waals surface area contributed by atoms with Crippen molar-refractivity contribution in [3.8, 4) is 5.75 Å². The number of hydrogen-bond acceptors (Lipinski definition) is 3. The quantitative estimate of drug-likeness (QED) is 0.747. The smallest absolute Gasteiger partial charge is 0.118 e. The maximum Gasteiger partial charge on any atom is 0.118 e. The van der Waals surface area contributed by atoms with Gasteiger partial charge in [-0.1, -0.05) is 42.5 Å².